The van der Waals surface area contributed by atoms with Crippen LogP contribution >= 0.6 is 0 Å². The van der Waals surface area contributed by atoms with E-state index in [1.54, 1.807) is 0 Å². The van der Waals surface area contributed by atoms with Gasteiger partial charge in [-0.2, -0.15) is 0 Å². The van der Waals surface area contributed by atoms with Gasteiger partial charge in [0.15, 0.2) is 0 Å². The minimum atomic E-state index is -0.00744. The number of nitrogens with zero attached hydrogens (tertiary/aromatic N) is 3. The minimum absolute atomic E-state index is 0.00744. The van der Waals surface area contributed by atoms with Crippen LogP contribution in [0.5, 0.6) is 11.5 Å². The summed E-state index contributed by atoms with van der Waals surface area (Å²) in [4.78, 5) is 6.92. The number of benzene rings is 5. The van der Waals surface area contributed by atoms with Gasteiger partial charge in [0.2, 0.25) is 0 Å². The quantitative estimate of drug-likeness (QED) is 0.155. The summed E-state index contributed by atoms with van der Waals surface area (Å²) in [6, 6.07) is 46.8. The molecule has 7 aromatic rings. The van der Waals surface area contributed by atoms with Gasteiger partial charge in [-0.25, -0.2) is 0 Å². The third-order valence-corrected chi connectivity index (χ3v) is 9.47. The van der Waals surface area contributed by atoms with Crippen molar-refractivity contribution in [1.29, 1.82) is 0 Å². The second-order valence-electron chi connectivity index (χ2n) is 14.5. The summed E-state index contributed by atoms with van der Waals surface area (Å²) in [6.07, 6.45) is 1.89. The number of nitrogens with one attached hydrogen (secondary N) is 1. The Bertz CT molecular complexity index is 2340. The first-order valence-corrected chi connectivity index (χ1v) is 18.1. The summed E-state index contributed by atoms with van der Waals surface area (Å²) in [5.74, 6) is 2.06. The molecule has 6 heteroatoms. The first kappa shape index (κ1) is 33.5. The second kappa shape index (κ2) is 13.4. The number of anilines is 4. The Morgan fingerprint density at radius 1 is 0.720 bits per heavy atom. The fourth-order valence-electron chi connectivity index (χ4n) is 6.16. The van der Waals surface area contributed by atoms with Crippen LogP contribution in [0.15, 0.2) is 121 Å². The summed E-state index contributed by atoms with van der Waals surface area (Å²) in [7, 11) is 0. The Morgan fingerprint density at radius 2 is 1.44 bits per heavy atom. The Hall–Kier alpha value is -4.99. The van der Waals surface area contributed by atoms with Crippen LogP contribution in [-0.2, 0) is 30.2 Å². The summed E-state index contributed by atoms with van der Waals surface area (Å²) in [6.45, 7) is 13.4. The number of pyridine rings is 1. The molecule has 1 N–H and O–H groups in total. The molecule has 0 amide bonds. The van der Waals surface area contributed by atoms with E-state index >= 15 is 0 Å². The Kier molecular flexibility index (Phi) is 8.96. The molecule has 5 nitrogen and oxygen atoms in total. The molecule has 2 heterocycles. The molecular formula is C44H40N4OPt-2. The molecule has 0 atom stereocenters. The van der Waals surface area contributed by atoms with Gasteiger partial charge in [0, 0.05) is 6.20 Å². The van der Waals surface area contributed by atoms with Crippen LogP contribution in [-0.4, -0.2) is 14.1 Å². The van der Waals surface area contributed by atoms with E-state index in [1.807, 2.05) is 41.1 Å². The number of rotatable bonds is 8. The predicted molar refractivity (Wildman–Crippen MR) is 205 cm³/mol. The van der Waals surface area contributed by atoms with E-state index in [4.69, 9.17) is 9.72 Å². The van der Waals surface area contributed by atoms with E-state index in [0.717, 1.165) is 50.4 Å². The standard InChI is InChI=1S/C44H40N4O.Pt/c1-43(2,3)30-14-12-15-32(26-30)46-38-19-9-11-21-40(38)47(7)33-16-13-17-34(28-33)49-35-22-23-37-36-18-8-10-20-39(36)48(41(37)29-35)42-27-31(24-25-45-42)44(4,5)6;/h7-27,46H,1-6H3;/q-2;. The number of aromatic nitrogens is 2. The van der Waals surface area contributed by atoms with E-state index in [0.29, 0.717) is 11.5 Å². The van der Waals surface area contributed by atoms with Gasteiger partial charge in [-0.15, -0.1) is 0 Å². The van der Waals surface area contributed by atoms with Crippen molar-refractivity contribution < 1.29 is 24.1 Å². The zero-order valence-electron chi connectivity index (χ0n) is 29.2. The molecule has 5 aromatic carbocycles. The molecule has 0 aliphatic rings. The average Bonchev–Trinajstić information content (AvgIpc) is 3.42. The first-order chi connectivity index (χ1) is 24.0. The molecule has 0 radical (unpaired) electrons. The molecule has 0 saturated carbocycles. The number of hydrogen-bond donors (Lipinski definition) is 1. The molecule has 0 saturated heterocycles. The van der Waals surface area contributed by atoms with Crippen LogP contribution in [0.1, 0.15) is 52.7 Å². The Balaban J connectivity index is 1.23. The van der Waals surface area contributed by atoms with E-state index in [2.05, 4.69) is 173 Å². The van der Waals surface area contributed by atoms with Gasteiger partial charge in [0.05, 0.1) is 0 Å². The molecular weight excluding hydrogens is 796 g/mol. The molecule has 2 aromatic heterocycles. The van der Waals surface area contributed by atoms with Crippen LogP contribution in [0.25, 0.3) is 27.6 Å². The van der Waals surface area contributed by atoms with Gasteiger partial charge < -0.3 is 0 Å². The Morgan fingerprint density at radius 3 is 2.24 bits per heavy atom. The van der Waals surface area contributed by atoms with Crippen LogP contribution in [0.3, 0.4) is 0 Å². The van der Waals surface area contributed by atoms with Gasteiger partial charge in [0.1, 0.15) is 0 Å². The van der Waals surface area contributed by atoms with Gasteiger partial charge in [-0.1, -0.05) is 32.9 Å². The predicted octanol–water partition coefficient (Wildman–Crippen LogP) is 11.4. The van der Waals surface area contributed by atoms with Crippen molar-refractivity contribution in [3.63, 3.8) is 0 Å². The Labute approximate surface area is 306 Å². The molecule has 0 bridgehead atoms. The summed E-state index contributed by atoms with van der Waals surface area (Å²) in [5, 5.41) is 5.90. The molecule has 0 aliphatic heterocycles. The normalized spacial score (nSPS) is 11.9. The number of ether oxygens (including phenoxy) is 1. The molecule has 7 rings (SSSR count). The van der Waals surface area contributed by atoms with Crippen molar-refractivity contribution in [2.45, 2.75) is 52.4 Å². The topological polar surface area (TPSA) is 42.3 Å². The monoisotopic (exact) mass is 835 g/mol. The van der Waals surface area contributed by atoms with E-state index in [1.165, 1.54) is 11.1 Å². The second-order valence-corrected chi connectivity index (χ2v) is 15.1. The molecule has 0 fully saturated rings. The third kappa shape index (κ3) is 6.75. The molecule has 254 valence electrons. The first-order valence-electron chi connectivity index (χ1n) is 16.8. The molecule has 0 aliphatic carbocycles. The van der Waals surface area contributed by atoms with Crippen LogP contribution < -0.4 is 15.0 Å². The van der Waals surface area contributed by atoms with Crippen molar-refractivity contribution in [1.82, 2.24) is 9.55 Å². The number of fused-ring (bicyclic) bond motifs is 3. The average molecular weight is 836 g/mol. The van der Waals surface area contributed by atoms with Crippen molar-refractivity contribution >= 4 is 49.1 Å². The zero-order valence-corrected chi connectivity index (χ0v) is 31.5. The van der Waals surface area contributed by atoms with Gasteiger partial charge >= 0.3 is 251 Å². The third-order valence-electron chi connectivity index (χ3n) is 8.88. The summed E-state index contributed by atoms with van der Waals surface area (Å²) < 4.78 is 10.7. The molecule has 0 unspecified atom stereocenters. The van der Waals surface area contributed by atoms with E-state index in [9.17, 15) is 0 Å². The SMILES string of the molecule is CC(C)(C)c1cccc(Nc2ccccc2N([CH]=[Pt])c2[c-]c(Oc3[c-]c4c(cc3)c3ccccc3n4-c3cc(C(C)(C)C)ccn3)ccc2)c1. The molecule has 0 spiro atoms. The van der Waals surface area contributed by atoms with Crippen molar-refractivity contribution in [2.75, 3.05) is 10.2 Å². The van der Waals surface area contributed by atoms with Crippen LogP contribution in [0, 0.1) is 12.1 Å². The van der Waals surface area contributed by atoms with Crippen LogP contribution in [0.4, 0.5) is 22.7 Å². The fourth-order valence-corrected chi connectivity index (χ4v) is 6.79. The van der Waals surface area contributed by atoms with E-state index in [-0.39, 0.29) is 10.8 Å². The zero-order chi connectivity index (χ0) is 35.0. The summed E-state index contributed by atoms with van der Waals surface area (Å²) in [5.41, 5.74) is 8.43. The van der Waals surface area contributed by atoms with E-state index < -0.39 is 0 Å². The molecule has 50 heavy (non-hydrogen) atoms. The van der Waals surface area contributed by atoms with Gasteiger partial charge in [-0.05, 0) is 17.0 Å². The van der Waals surface area contributed by atoms with Crippen molar-refractivity contribution in [2.24, 2.45) is 0 Å². The maximum atomic E-state index is 6.49. The van der Waals surface area contributed by atoms with Gasteiger partial charge in [0.25, 0.3) is 0 Å². The number of hydrogen-bond acceptors (Lipinski definition) is 4. The van der Waals surface area contributed by atoms with Crippen LogP contribution in [0.2, 0.25) is 0 Å². The maximum absolute atomic E-state index is 6.49. The van der Waals surface area contributed by atoms with Crippen molar-refractivity contribution in [3.05, 3.63) is 145 Å². The number of para-hydroxylation sites is 3. The summed E-state index contributed by atoms with van der Waals surface area (Å²) >= 11 is 2.27. The van der Waals surface area contributed by atoms with Gasteiger partial charge in [-0.3, -0.25) is 0 Å². The van der Waals surface area contributed by atoms with Crippen molar-refractivity contribution in [3.8, 4) is 17.3 Å². The fraction of sp³-hybridized carbons (Fsp3) is 0.182.